The second-order valence-corrected chi connectivity index (χ2v) is 28.1. The van der Waals surface area contributed by atoms with Gasteiger partial charge in [-0.3, -0.25) is 14.7 Å². The summed E-state index contributed by atoms with van der Waals surface area (Å²) < 4.78 is 32.8. The molecule has 0 radical (unpaired) electrons. The van der Waals surface area contributed by atoms with Crippen LogP contribution in [-0.4, -0.2) is 133 Å². The van der Waals surface area contributed by atoms with Gasteiger partial charge in [0.05, 0.1) is 58.5 Å². The summed E-state index contributed by atoms with van der Waals surface area (Å²) in [6, 6.07) is 55.2. The van der Waals surface area contributed by atoms with Crippen molar-refractivity contribution in [3.8, 4) is 22.8 Å². The van der Waals surface area contributed by atoms with Crippen LogP contribution in [-0.2, 0) is 58.8 Å². The van der Waals surface area contributed by atoms with E-state index in [4.69, 9.17) is 9.97 Å². The number of hydrogen-bond donors (Lipinski definition) is 6. The van der Waals surface area contributed by atoms with E-state index in [1.165, 1.54) is 42.0 Å². The van der Waals surface area contributed by atoms with Gasteiger partial charge in [0.15, 0.2) is 0 Å². The Labute approximate surface area is 587 Å². The van der Waals surface area contributed by atoms with E-state index in [1.807, 2.05) is 53.6 Å². The van der Waals surface area contributed by atoms with E-state index in [9.17, 15) is 33.3 Å². The van der Waals surface area contributed by atoms with Crippen molar-refractivity contribution in [3.05, 3.63) is 216 Å². The molecule has 0 bridgehead atoms. The highest BCUT2D eigenvalue weighted by molar-refractivity contribution is 7.90. The summed E-state index contributed by atoms with van der Waals surface area (Å²) in [6.07, 6.45) is 11.9. The van der Waals surface area contributed by atoms with Gasteiger partial charge in [0.2, 0.25) is 0 Å². The molecule has 12 rings (SSSR count). The number of nitrogens with zero attached hydrogens (tertiary/aromatic N) is 9. The number of carbonyl (C=O) groups is 2. The number of benzene rings is 7. The monoisotopic (exact) mass is 1370 g/mol. The first kappa shape index (κ1) is 72.1. The first-order valence-electron chi connectivity index (χ1n) is 35.4. The number of piperidine rings is 1. The number of aryl methyl sites for hydroxylation is 3. The van der Waals surface area contributed by atoms with Crippen LogP contribution >= 0.6 is 0 Å². The van der Waals surface area contributed by atoms with E-state index >= 15 is 0 Å². The lowest BCUT2D eigenvalue weighted by molar-refractivity contribution is -0.118. The number of hydrogen-bond acceptors (Lipinski definition) is 15. The van der Waals surface area contributed by atoms with Crippen LogP contribution in [0, 0.1) is 0 Å². The molecule has 0 aliphatic carbocycles. The molecule has 4 aromatic heterocycles. The molecule has 2 atom stereocenters. The van der Waals surface area contributed by atoms with E-state index < -0.39 is 10.0 Å². The molecule has 19 nitrogen and oxygen atoms in total. The molecule has 100 heavy (non-hydrogen) atoms. The summed E-state index contributed by atoms with van der Waals surface area (Å²) in [4.78, 5) is 42.6. The topological polar surface area (TPSA) is 232 Å². The number of ketones is 2. The summed E-state index contributed by atoms with van der Waals surface area (Å²) in [5.41, 5.74) is 14.7. The van der Waals surface area contributed by atoms with Gasteiger partial charge in [0, 0.05) is 117 Å². The van der Waals surface area contributed by atoms with Gasteiger partial charge >= 0.3 is 0 Å². The Bertz CT molecular complexity index is 4550. The number of Topliss-reactive ketones (excluding diaryl/α,β-unsaturated/α-hetero) is 2. The maximum atomic E-state index is 13.4. The van der Waals surface area contributed by atoms with Gasteiger partial charge in [0.1, 0.15) is 23.2 Å². The number of rotatable bonds is 34. The van der Waals surface area contributed by atoms with Crippen molar-refractivity contribution in [1.29, 1.82) is 0 Å². The Kier molecular flexibility index (Phi) is 25.1. The molecule has 1 fully saturated rings. The molecular weight excluding hydrogens is 1270 g/mol. The number of aliphatic hydroxyl groups is 3. The Morgan fingerprint density at radius 3 is 1.69 bits per heavy atom. The number of imidazole rings is 2. The fourth-order valence-electron chi connectivity index (χ4n) is 13.7. The highest BCUT2D eigenvalue weighted by atomic mass is 32.2. The zero-order valence-electron chi connectivity index (χ0n) is 58.1. The third kappa shape index (κ3) is 18.1. The molecule has 1 aliphatic rings. The molecule has 6 N–H and O–H groups in total. The Morgan fingerprint density at radius 2 is 1.13 bits per heavy atom. The van der Waals surface area contributed by atoms with Gasteiger partial charge in [-0.2, -0.15) is 5.10 Å². The van der Waals surface area contributed by atoms with Crippen LogP contribution in [0.2, 0.25) is 0 Å². The predicted molar refractivity (Wildman–Crippen MR) is 400 cm³/mol. The zero-order chi connectivity index (χ0) is 70.0. The SMILES string of the molecule is CC(=O)CC(NCc1ccc2[nH]ncc2c1)c1ccc2c(c1)nc(-c1ccc(N(CCO)CCO)cc1)n2CCc1ccc(CO)cc1.CCCN(CCC)c1ccc(-c2nc3cc(C(CC(C)=O)NCc4cccn4S(=O)(=O)c4ccccc4)ccc3n2CCCN2CCCCC2)cc1. The van der Waals surface area contributed by atoms with E-state index in [2.05, 4.69) is 139 Å². The van der Waals surface area contributed by atoms with Gasteiger partial charge in [-0.05, 0) is 209 Å². The minimum absolute atomic E-state index is 0.00172. The van der Waals surface area contributed by atoms with Crippen molar-refractivity contribution in [2.45, 2.75) is 135 Å². The Hall–Kier alpha value is -9.12. The lowest BCUT2D eigenvalue weighted by Crippen LogP contribution is -2.31. The molecule has 0 spiro atoms. The second-order valence-electron chi connectivity index (χ2n) is 26.3. The number of nitrogens with one attached hydrogen (secondary N) is 3. The highest BCUT2D eigenvalue weighted by Crippen LogP contribution is 2.34. The van der Waals surface area contributed by atoms with Crippen LogP contribution in [0.1, 0.15) is 125 Å². The largest absolute Gasteiger partial charge is 0.395 e. The Morgan fingerprint density at radius 1 is 0.580 bits per heavy atom. The van der Waals surface area contributed by atoms with Crippen molar-refractivity contribution in [2.24, 2.45) is 0 Å². The molecule has 0 amide bonds. The van der Waals surface area contributed by atoms with Crippen LogP contribution in [0.5, 0.6) is 0 Å². The number of fused-ring (bicyclic) bond motifs is 3. The number of H-pyrrole nitrogens is 1. The van der Waals surface area contributed by atoms with Crippen LogP contribution < -0.4 is 20.4 Å². The molecule has 11 aromatic rings. The molecule has 0 saturated carbocycles. The summed E-state index contributed by atoms with van der Waals surface area (Å²) in [6.45, 7) is 16.5. The van der Waals surface area contributed by atoms with E-state index in [0.29, 0.717) is 38.3 Å². The maximum Gasteiger partial charge on any atom is 0.267 e. The van der Waals surface area contributed by atoms with Gasteiger partial charge < -0.3 is 49.8 Å². The zero-order valence-corrected chi connectivity index (χ0v) is 59.0. The van der Waals surface area contributed by atoms with Gasteiger partial charge in [-0.1, -0.05) is 80.9 Å². The lowest BCUT2D eigenvalue weighted by atomic mass is 10.0. The number of anilines is 2. The number of aromatic amines is 1. The summed E-state index contributed by atoms with van der Waals surface area (Å²) in [5, 5.41) is 43.8. The predicted octanol–water partition coefficient (Wildman–Crippen LogP) is 13.0. The minimum atomic E-state index is -3.76. The molecule has 7 aromatic carbocycles. The standard InChI is InChI=1S/C42H54N6O3S.C38H42N6O4/c1-4-23-46(24-5-2)36-20-17-34(18-21-36)42-44-40-31-35(19-22-41(40)47(42)28-13-27-45-25-10-7-11-26-45)39(30-33(3)49)43-32-37-14-12-29-48(37)52(50,51)38-15-8-6-9-16-38;1-26(48)20-35(39-23-29-6-12-34-32(21-29)24-40-42-34)31-9-13-37-36(22-31)41-38(44(37)15-14-27-2-4-28(25-47)5-3-27)30-7-10-33(11-8-30)43(16-18-45)17-19-46/h6,8-9,12,14-22,29,31,39,43H,4-5,7,10-11,13,23-28,30,32H2,1-3H3;2-13,21-22,24,35,39,45-47H,14-20,23,25H2,1H3,(H,40,42). The van der Waals surface area contributed by atoms with Crippen LogP contribution in [0.25, 0.3) is 55.7 Å². The van der Waals surface area contributed by atoms with E-state index in [-0.39, 0.29) is 61.3 Å². The number of carbonyl (C=O) groups excluding carboxylic acids is 2. The van der Waals surface area contributed by atoms with E-state index in [1.54, 1.807) is 62.5 Å². The Balaban J connectivity index is 0.000000202. The minimum Gasteiger partial charge on any atom is -0.395 e. The fraction of sp³-hybridized carbons (Fsp3) is 0.362. The highest BCUT2D eigenvalue weighted by Gasteiger charge is 2.24. The molecule has 2 unspecified atom stereocenters. The molecule has 5 heterocycles. The number of likely N-dealkylation sites (tertiary alicyclic amines) is 1. The molecule has 524 valence electrons. The maximum absolute atomic E-state index is 13.4. The lowest BCUT2D eigenvalue weighted by Gasteiger charge is -2.26. The number of aromatic nitrogens is 7. The fourth-order valence-corrected chi connectivity index (χ4v) is 15.1. The van der Waals surface area contributed by atoms with Crippen LogP contribution in [0.4, 0.5) is 11.4 Å². The van der Waals surface area contributed by atoms with Crippen LogP contribution in [0.3, 0.4) is 0 Å². The van der Waals surface area contributed by atoms with Crippen molar-refractivity contribution in [3.63, 3.8) is 0 Å². The first-order chi connectivity index (χ1) is 48.7. The van der Waals surface area contributed by atoms with Gasteiger partial charge in [-0.25, -0.2) is 22.4 Å². The molecule has 1 saturated heterocycles. The van der Waals surface area contributed by atoms with Crippen molar-refractivity contribution in [1.82, 2.24) is 48.8 Å². The second kappa shape index (κ2) is 34.8. The average molecular weight is 1370 g/mol. The quantitative estimate of drug-likeness (QED) is 0.0220. The summed E-state index contributed by atoms with van der Waals surface area (Å²) >= 11 is 0. The van der Waals surface area contributed by atoms with Gasteiger partial charge in [0.25, 0.3) is 10.0 Å². The van der Waals surface area contributed by atoms with Gasteiger partial charge in [-0.15, -0.1) is 0 Å². The van der Waals surface area contributed by atoms with Crippen molar-refractivity contribution in [2.75, 3.05) is 68.8 Å². The van der Waals surface area contributed by atoms with E-state index in [0.717, 1.165) is 141 Å². The summed E-state index contributed by atoms with van der Waals surface area (Å²) in [5.74, 6) is 1.94. The molecule has 20 heteroatoms. The molecule has 1 aliphatic heterocycles. The first-order valence-corrected chi connectivity index (χ1v) is 36.9. The van der Waals surface area contributed by atoms with Crippen molar-refractivity contribution < 1.29 is 33.3 Å². The van der Waals surface area contributed by atoms with Crippen LogP contribution in [0.15, 0.2) is 187 Å². The van der Waals surface area contributed by atoms with Crippen molar-refractivity contribution >= 4 is 65.9 Å². The average Bonchev–Trinajstić information content (AvgIpc) is 1.63. The third-order valence-electron chi connectivity index (χ3n) is 18.9. The molecular formula is C80H96N12O7S. The summed E-state index contributed by atoms with van der Waals surface area (Å²) in [7, 11) is -3.76. The normalized spacial score (nSPS) is 13.4. The smallest absolute Gasteiger partial charge is 0.267 e. The number of aliphatic hydroxyl groups excluding tert-OH is 3. The third-order valence-corrected chi connectivity index (χ3v) is 20.6.